The number of benzene rings is 1. The molecule has 0 aliphatic carbocycles. The van der Waals surface area contributed by atoms with Crippen LogP contribution in [0.15, 0.2) is 16.5 Å². The number of hydrogen-bond acceptors (Lipinski definition) is 4. The van der Waals surface area contributed by atoms with Gasteiger partial charge in [-0.05, 0) is 6.07 Å². The molecule has 0 unspecified atom stereocenters. The minimum absolute atomic E-state index is 0.117. The molecule has 0 saturated heterocycles. The van der Waals surface area contributed by atoms with Crippen LogP contribution < -0.4 is 11.5 Å². The first kappa shape index (κ1) is 7.24. The van der Waals surface area contributed by atoms with E-state index in [4.69, 9.17) is 27.5 Å². The summed E-state index contributed by atoms with van der Waals surface area (Å²) < 4.78 is 5.03. The van der Waals surface area contributed by atoms with Crippen LogP contribution in [0, 0.1) is 0 Å². The van der Waals surface area contributed by atoms with Gasteiger partial charge in [0.05, 0.1) is 10.7 Å². The fourth-order valence-electron chi connectivity index (χ4n) is 0.982. The van der Waals surface area contributed by atoms with Gasteiger partial charge in [-0.15, -0.1) is 0 Å². The third-order valence-corrected chi connectivity index (χ3v) is 1.85. The van der Waals surface area contributed by atoms with Crippen LogP contribution in [0.5, 0.6) is 0 Å². The number of oxazole rings is 1. The molecule has 1 aromatic heterocycles. The highest BCUT2D eigenvalue weighted by atomic mass is 35.5. The predicted molar refractivity (Wildman–Crippen MR) is 47.8 cm³/mol. The number of rotatable bonds is 0. The second-order valence-electron chi connectivity index (χ2n) is 2.39. The molecule has 0 aliphatic heterocycles. The summed E-state index contributed by atoms with van der Waals surface area (Å²) in [6.07, 6.45) is 0. The summed E-state index contributed by atoms with van der Waals surface area (Å²) in [6, 6.07) is 3.33. The Morgan fingerprint density at radius 2 is 2.08 bits per heavy atom. The van der Waals surface area contributed by atoms with Crippen LogP contribution in [-0.2, 0) is 0 Å². The minimum Gasteiger partial charge on any atom is -0.424 e. The van der Waals surface area contributed by atoms with Crippen molar-refractivity contribution >= 4 is 34.4 Å². The average Bonchev–Trinajstić information content (AvgIpc) is 2.30. The van der Waals surface area contributed by atoms with Crippen molar-refractivity contribution in [1.82, 2.24) is 4.98 Å². The summed E-state index contributed by atoms with van der Waals surface area (Å²) in [4.78, 5) is 3.89. The van der Waals surface area contributed by atoms with Gasteiger partial charge in [0.1, 0.15) is 5.52 Å². The molecule has 1 heterocycles. The molecule has 0 saturated carbocycles. The maximum atomic E-state index is 5.75. The van der Waals surface area contributed by atoms with Crippen molar-refractivity contribution in [1.29, 1.82) is 0 Å². The molecule has 1 aromatic carbocycles. The fourth-order valence-corrected chi connectivity index (χ4v) is 1.14. The Morgan fingerprint density at radius 1 is 1.33 bits per heavy atom. The fraction of sp³-hybridized carbons (Fsp3) is 0. The summed E-state index contributed by atoms with van der Waals surface area (Å²) >= 11 is 5.75. The van der Waals surface area contributed by atoms with E-state index in [0.29, 0.717) is 21.8 Å². The Labute approximate surface area is 73.1 Å². The molecule has 4 nitrogen and oxygen atoms in total. The smallest absolute Gasteiger partial charge is 0.292 e. The van der Waals surface area contributed by atoms with Crippen molar-refractivity contribution < 1.29 is 4.42 Å². The number of fused-ring (bicyclic) bond motifs is 1. The Morgan fingerprint density at radius 3 is 2.83 bits per heavy atom. The molecule has 0 atom stereocenters. The molecule has 2 rings (SSSR count). The molecule has 0 fully saturated rings. The van der Waals surface area contributed by atoms with Crippen LogP contribution in [0.4, 0.5) is 11.7 Å². The molecule has 0 spiro atoms. The van der Waals surface area contributed by atoms with E-state index in [1.165, 1.54) is 0 Å². The number of hydrogen-bond donors (Lipinski definition) is 2. The molecule has 0 radical (unpaired) electrons. The van der Waals surface area contributed by atoms with Gasteiger partial charge >= 0.3 is 0 Å². The second-order valence-corrected chi connectivity index (χ2v) is 2.80. The van der Waals surface area contributed by atoms with E-state index in [1.54, 1.807) is 12.1 Å². The lowest BCUT2D eigenvalue weighted by Gasteiger charge is -1.94. The van der Waals surface area contributed by atoms with Crippen LogP contribution >= 0.6 is 11.6 Å². The van der Waals surface area contributed by atoms with Gasteiger partial charge < -0.3 is 15.9 Å². The van der Waals surface area contributed by atoms with E-state index in [0.717, 1.165) is 0 Å². The zero-order valence-electron chi connectivity index (χ0n) is 6.04. The monoisotopic (exact) mass is 183 g/mol. The van der Waals surface area contributed by atoms with E-state index in [2.05, 4.69) is 4.98 Å². The van der Waals surface area contributed by atoms with Crippen LogP contribution in [0.2, 0.25) is 5.02 Å². The average molecular weight is 184 g/mol. The quantitative estimate of drug-likeness (QED) is 0.609. The lowest BCUT2D eigenvalue weighted by molar-refractivity contribution is 0.626. The topological polar surface area (TPSA) is 78.1 Å². The molecular weight excluding hydrogens is 178 g/mol. The molecule has 12 heavy (non-hydrogen) atoms. The number of halogens is 1. The Kier molecular flexibility index (Phi) is 1.38. The zero-order chi connectivity index (χ0) is 8.72. The maximum Gasteiger partial charge on any atom is 0.292 e. The first-order valence-electron chi connectivity index (χ1n) is 3.28. The van der Waals surface area contributed by atoms with E-state index >= 15 is 0 Å². The largest absolute Gasteiger partial charge is 0.424 e. The second kappa shape index (κ2) is 2.28. The normalized spacial score (nSPS) is 10.8. The lowest BCUT2D eigenvalue weighted by atomic mass is 10.3. The molecule has 4 N–H and O–H groups in total. The Bertz CT molecular complexity index is 398. The zero-order valence-corrected chi connectivity index (χ0v) is 6.80. The van der Waals surface area contributed by atoms with Gasteiger partial charge in [-0.2, -0.15) is 4.98 Å². The molecule has 0 aliphatic rings. The van der Waals surface area contributed by atoms with Crippen molar-refractivity contribution in [2.75, 3.05) is 11.5 Å². The van der Waals surface area contributed by atoms with E-state index in [9.17, 15) is 0 Å². The van der Waals surface area contributed by atoms with Gasteiger partial charge in [-0.1, -0.05) is 11.6 Å². The van der Waals surface area contributed by atoms with Gasteiger partial charge in [-0.25, -0.2) is 0 Å². The molecule has 0 amide bonds. The number of nitrogens with zero attached hydrogens (tertiary/aromatic N) is 1. The van der Waals surface area contributed by atoms with Gasteiger partial charge in [-0.3, -0.25) is 0 Å². The van der Waals surface area contributed by atoms with Crippen LogP contribution in [-0.4, -0.2) is 4.98 Å². The van der Waals surface area contributed by atoms with Crippen molar-refractivity contribution in [3.05, 3.63) is 17.2 Å². The summed E-state index contributed by atoms with van der Waals surface area (Å²) in [5.41, 5.74) is 12.5. The molecule has 5 heteroatoms. The highest BCUT2D eigenvalue weighted by molar-refractivity contribution is 6.33. The summed E-state index contributed by atoms with van der Waals surface area (Å²) in [7, 11) is 0. The highest BCUT2D eigenvalue weighted by Gasteiger charge is 2.05. The predicted octanol–water partition coefficient (Wildman–Crippen LogP) is 1.65. The van der Waals surface area contributed by atoms with Crippen molar-refractivity contribution in [2.45, 2.75) is 0 Å². The summed E-state index contributed by atoms with van der Waals surface area (Å²) in [5.74, 6) is 0. The van der Waals surface area contributed by atoms with Crippen molar-refractivity contribution in [2.24, 2.45) is 0 Å². The molecule has 2 aromatic rings. The SMILES string of the molecule is Nc1nc2cc(Cl)c(N)cc2o1. The van der Waals surface area contributed by atoms with Crippen molar-refractivity contribution in [3.63, 3.8) is 0 Å². The summed E-state index contributed by atoms with van der Waals surface area (Å²) in [6.45, 7) is 0. The molecule has 0 bridgehead atoms. The minimum atomic E-state index is 0.117. The van der Waals surface area contributed by atoms with Gasteiger partial charge in [0.2, 0.25) is 0 Å². The third-order valence-electron chi connectivity index (χ3n) is 1.52. The van der Waals surface area contributed by atoms with Crippen molar-refractivity contribution in [3.8, 4) is 0 Å². The number of nitrogens with two attached hydrogens (primary N) is 2. The molecular formula is C7H6ClN3O. The number of anilines is 2. The maximum absolute atomic E-state index is 5.75. The van der Waals surface area contributed by atoms with E-state index < -0.39 is 0 Å². The third kappa shape index (κ3) is 0.967. The lowest BCUT2D eigenvalue weighted by Crippen LogP contribution is -1.84. The number of aromatic nitrogens is 1. The van der Waals surface area contributed by atoms with Gasteiger partial charge in [0, 0.05) is 6.07 Å². The van der Waals surface area contributed by atoms with Crippen LogP contribution in [0.25, 0.3) is 11.1 Å². The standard InChI is InChI=1S/C7H6ClN3O/c8-3-1-5-6(2-4(3)9)12-7(10)11-5/h1-2H,9H2,(H2,10,11). The molecule has 62 valence electrons. The van der Waals surface area contributed by atoms with Gasteiger partial charge in [0.15, 0.2) is 5.58 Å². The first-order chi connectivity index (χ1) is 5.66. The highest BCUT2D eigenvalue weighted by Crippen LogP contribution is 2.26. The van der Waals surface area contributed by atoms with E-state index in [-0.39, 0.29) is 6.01 Å². The Hall–Kier alpha value is -1.42. The van der Waals surface area contributed by atoms with Gasteiger partial charge in [0.25, 0.3) is 6.01 Å². The Balaban J connectivity index is 2.83. The summed E-state index contributed by atoms with van der Waals surface area (Å²) in [5, 5.41) is 0.454. The van der Waals surface area contributed by atoms with Crippen LogP contribution in [0.1, 0.15) is 0 Å². The van der Waals surface area contributed by atoms with Crippen LogP contribution in [0.3, 0.4) is 0 Å². The number of nitrogen functional groups attached to an aromatic ring is 2. The van der Waals surface area contributed by atoms with E-state index in [1.807, 2.05) is 0 Å². The first-order valence-corrected chi connectivity index (χ1v) is 3.65.